The summed E-state index contributed by atoms with van der Waals surface area (Å²) in [6.07, 6.45) is 0.0681. The predicted molar refractivity (Wildman–Crippen MR) is 87.4 cm³/mol. The van der Waals surface area contributed by atoms with Gasteiger partial charge in [-0.1, -0.05) is 23.3 Å². The van der Waals surface area contributed by atoms with Crippen LogP contribution in [0.5, 0.6) is 0 Å². The lowest BCUT2D eigenvalue weighted by Crippen LogP contribution is -2.38. The van der Waals surface area contributed by atoms with Crippen molar-refractivity contribution >= 4 is 21.6 Å². The minimum Gasteiger partial charge on any atom is -0.403 e. The van der Waals surface area contributed by atoms with Gasteiger partial charge in [-0.05, 0) is 18.6 Å². The lowest BCUT2D eigenvalue weighted by atomic mass is 10.0. The number of halogens is 1. The molecule has 7 nitrogen and oxygen atoms in total. The van der Waals surface area contributed by atoms with Gasteiger partial charge >= 0.3 is 6.01 Å². The number of aromatic nitrogens is 2. The van der Waals surface area contributed by atoms with Gasteiger partial charge in [-0.25, -0.2) is 12.8 Å². The van der Waals surface area contributed by atoms with E-state index in [4.69, 9.17) is 4.42 Å². The Morgan fingerprint density at radius 1 is 1.24 bits per heavy atom. The smallest absolute Gasteiger partial charge is 0.317 e. The summed E-state index contributed by atoms with van der Waals surface area (Å²) in [6, 6.07) is 7.25. The normalized spacial score (nSPS) is 20.4. The molecule has 25 heavy (non-hydrogen) atoms. The fraction of sp³-hybridized carbons (Fsp3) is 0.438. The summed E-state index contributed by atoms with van der Waals surface area (Å²) in [7, 11) is -1.28. The summed E-state index contributed by atoms with van der Waals surface area (Å²) >= 11 is 0. The molecule has 2 atom stereocenters. The van der Waals surface area contributed by atoms with Gasteiger partial charge in [0.05, 0.1) is 4.90 Å². The Morgan fingerprint density at radius 2 is 1.92 bits per heavy atom. The maximum atomic E-state index is 16.2. The first-order valence-corrected chi connectivity index (χ1v) is 9.26. The van der Waals surface area contributed by atoms with Gasteiger partial charge in [-0.15, -0.1) is 5.10 Å². The first-order valence-electron chi connectivity index (χ1n) is 7.78. The van der Waals surface area contributed by atoms with E-state index in [1.807, 2.05) is 0 Å². The van der Waals surface area contributed by atoms with E-state index in [2.05, 4.69) is 10.2 Å². The van der Waals surface area contributed by atoms with Crippen LogP contribution >= 0.6 is 0 Å². The molecule has 0 amide bonds. The zero-order chi connectivity index (χ0) is 18.2. The third-order valence-electron chi connectivity index (χ3n) is 4.30. The van der Waals surface area contributed by atoms with Crippen molar-refractivity contribution in [1.82, 2.24) is 10.2 Å². The Balaban J connectivity index is 2.17. The van der Waals surface area contributed by atoms with Crippen LogP contribution in [0.1, 0.15) is 25.2 Å². The summed E-state index contributed by atoms with van der Waals surface area (Å²) in [4.78, 5) is 12.9. The highest BCUT2D eigenvalue weighted by atomic mass is 32.2. The maximum absolute atomic E-state index is 16.2. The van der Waals surface area contributed by atoms with Crippen molar-refractivity contribution < 1.29 is 22.0 Å². The number of hydrogen-bond donors (Lipinski definition) is 0. The molecule has 0 spiro atoms. The highest BCUT2D eigenvalue weighted by Crippen LogP contribution is 2.48. The third kappa shape index (κ3) is 2.82. The molecule has 0 N–H and O–H groups in total. The summed E-state index contributed by atoms with van der Waals surface area (Å²) in [5, 5.41) is 4.39. The second-order valence-corrected chi connectivity index (χ2v) is 8.30. The molecule has 0 aliphatic heterocycles. The van der Waals surface area contributed by atoms with Crippen molar-refractivity contribution in [2.45, 2.75) is 29.2 Å². The van der Waals surface area contributed by atoms with Gasteiger partial charge in [0, 0.05) is 32.9 Å². The first-order chi connectivity index (χ1) is 11.8. The Labute approximate surface area is 144 Å². The van der Waals surface area contributed by atoms with Crippen molar-refractivity contribution in [3.05, 3.63) is 36.2 Å². The van der Waals surface area contributed by atoms with Crippen LogP contribution < -0.4 is 4.90 Å². The number of rotatable bonds is 5. The number of alkyl halides is 1. The van der Waals surface area contributed by atoms with Crippen LogP contribution in [0, 0.1) is 5.92 Å². The molecular formula is C16H18FN3O4S. The molecule has 1 saturated carbocycles. The summed E-state index contributed by atoms with van der Waals surface area (Å²) in [5.41, 5.74) is 0. The highest BCUT2D eigenvalue weighted by Gasteiger charge is 2.59. The minimum atomic E-state index is -4.51. The van der Waals surface area contributed by atoms with Gasteiger partial charge in [0.15, 0.2) is 0 Å². The quantitative estimate of drug-likeness (QED) is 0.799. The van der Waals surface area contributed by atoms with Crippen molar-refractivity contribution in [3.63, 3.8) is 0 Å². The standard InChI is InChI=1S/C16H18FN3O4S/c1-20(2)15-19-18-14(24-15)16(17,11-8-9-12(21)10-11)25(22,23)13-6-4-3-5-7-13/h3-7,11H,8-10H2,1-2H3. The Bertz CT molecular complexity index is 882. The van der Waals surface area contributed by atoms with Crippen LogP contribution in [0.4, 0.5) is 10.4 Å². The third-order valence-corrected chi connectivity index (χ3v) is 6.49. The molecular weight excluding hydrogens is 349 g/mol. The van der Waals surface area contributed by atoms with Crippen LogP contribution in [0.15, 0.2) is 39.6 Å². The number of anilines is 1. The predicted octanol–water partition coefficient (Wildman–Crippen LogP) is 2.10. The average Bonchev–Trinajstić information content (AvgIpc) is 3.24. The number of Topliss-reactive ketones (excluding diaryl/α,β-unsaturated/α-hetero) is 1. The second kappa shape index (κ2) is 6.21. The van der Waals surface area contributed by atoms with E-state index < -0.39 is 26.6 Å². The number of benzene rings is 1. The molecule has 3 rings (SSSR count). The van der Waals surface area contributed by atoms with Gasteiger partial charge in [0.25, 0.3) is 10.9 Å². The number of ketones is 1. The maximum Gasteiger partial charge on any atom is 0.317 e. The van der Waals surface area contributed by atoms with Crippen LogP contribution in [0.2, 0.25) is 0 Å². The topological polar surface area (TPSA) is 93.4 Å². The molecule has 1 fully saturated rings. The van der Waals surface area contributed by atoms with Gasteiger partial charge in [-0.3, -0.25) is 4.79 Å². The molecule has 9 heteroatoms. The van der Waals surface area contributed by atoms with Crippen LogP contribution in [-0.2, 0) is 19.6 Å². The van der Waals surface area contributed by atoms with E-state index in [9.17, 15) is 13.2 Å². The highest BCUT2D eigenvalue weighted by molar-refractivity contribution is 7.92. The number of sulfone groups is 1. The first kappa shape index (κ1) is 17.5. The summed E-state index contributed by atoms with van der Waals surface area (Å²) < 4.78 is 47.7. The summed E-state index contributed by atoms with van der Waals surface area (Å²) in [5.74, 6) is -1.89. The lowest BCUT2D eigenvalue weighted by Gasteiger charge is -2.27. The molecule has 1 aliphatic rings. The molecule has 2 aromatic rings. The average molecular weight is 367 g/mol. The van der Waals surface area contributed by atoms with Crippen LogP contribution in [0.3, 0.4) is 0 Å². The molecule has 2 unspecified atom stereocenters. The largest absolute Gasteiger partial charge is 0.403 e. The van der Waals surface area contributed by atoms with E-state index in [-0.39, 0.29) is 36.0 Å². The van der Waals surface area contributed by atoms with Gasteiger partial charge < -0.3 is 9.32 Å². The minimum absolute atomic E-state index is 0.00962. The molecule has 0 bridgehead atoms. The van der Waals surface area contributed by atoms with Gasteiger partial charge in [0.2, 0.25) is 9.84 Å². The van der Waals surface area contributed by atoms with E-state index >= 15 is 4.39 Å². The van der Waals surface area contributed by atoms with Crippen molar-refractivity contribution in [1.29, 1.82) is 0 Å². The Hall–Kier alpha value is -2.29. The monoisotopic (exact) mass is 367 g/mol. The van der Waals surface area contributed by atoms with Crippen molar-refractivity contribution in [2.24, 2.45) is 5.92 Å². The second-order valence-electron chi connectivity index (χ2n) is 6.22. The fourth-order valence-corrected chi connectivity index (χ4v) is 4.76. The van der Waals surface area contributed by atoms with Crippen LogP contribution in [-0.4, -0.2) is 38.5 Å². The summed E-state index contributed by atoms with van der Waals surface area (Å²) in [6.45, 7) is 0. The number of carbonyl (C=O) groups is 1. The Kier molecular flexibility index (Phi) is 4.36. The zero-order valence-electron chi connectivity index (χ0n) is 13.8. The number of nitrogens with zero attached hydrogens (tertiary/aromatic N) is 3. The van der Waals surface area contributed by atoms with E-state index in [1.165, 1.54) is 29.2 Å². The molecule has 1 aromatic carbocycles. The molecule has 134 valence electrons. The SMILES string of the molecule is CN(C)c1nnc(C(F)(C2CCC(=O)C2)S(=O)(=O)c2ccccc2)o1. The lowest BCUT2D eigenvalue weighted by molar-refractivity contribution is -0.117. The van der Waals surface area contributed by atoms with E-state index in [0.29, 0.717) is 0 Å². The van der Waals surface area contributed by atoms with Gasteiger partial charge in [-0.2, -0.15) is 0 Å². The molecule has 0 saturated heterocycles. The van der Waals surface area contributed by atoms with Gasteiger partial charge in [0.1, 0.15) is 5.78 Å². The molecule has 1 heterocycles. The Morgan fingerprint density at radius 3 is 2.44 bits per heavy atom. The van der Waals surface area contributed by atoms with E-state index in [0.717, 1.165) is 0 Å². The molecule has 1 aromatic heterocycles. The number of hydrogen-bond acceptors (Lipinski definition) is 7. The molecule has 1 aliphatic carbocycles. The van der Waals surface area contributed by atoms with Crippen LogP contribution in [0.25, 0.3) is 0 Å². The molecule has 0 radical (unpaired) electrons. The van der Waals surface area contributed by atoms with E-state index in [1.54, 1.807) is 20.2 Å². The van der Waals surface area contributed by atoms with Crippen molar-refractivity contribution in [3.8, 4) is 0 Å². The van der Waals surface area contributed by atoms with Crippen molar-refractivity contribution in [2.75, 3.05) is 19.0 Å². The fourth-order valence-electron chi connectivity index (χ4n) is 2.95. The zero-order valence-corrected chi connectivity index (χ0v) is 14.7. The number of carbonyl (C=O) groups excluding carboxylic acids is 1.